The number of sulfonamides is 1. The van der Waals surface area contributed by atoms with Gasteiger partial charge in [-0.3, -0.25) is 13.9 Å². The molecule has 2 amide bonds. The molecule has 8 heteroatoms. The van der Waals surface area contributed by atoms with Crippen molar-refractivity contribution in [2.75, 3.05) is 17.9 Å². The van der Waals surface area contributed by atoms with E-state index in [2.05, 4.69) is 5.32 Å². The van der Waals surface area contributed by atoms with Gasteiger partial charge in [-0.15, -0.1) is 0 Å². The molecule has 0 aliphatic heterocycles. The second kappa shape index (κ2) is 11.2. The van der Waals surface area contributed by atoms with Gasteiger partial charge in [0.15, 0.2) is 0 Å². The summed E-state index contributed by atoms with van der Waals surface area (Å²) in [6.45, 7) is 5.11. The molecule has 0 aromatic heterocycles. The van der Waals surface area contributed by atoms with E-state index in [1.165, 1.54) is 24.1 Å². The Morgan fingerprint density at radius 2 is 1.49 bits per heavy atom. The van der Waals surface area contributed by atoms with Crippen molar-refractivity contribution in [1.29, 1.82) is 0 Å². The minimum atomic E-state index is -4.05. The van der Waals surface area contributed by atoms with Crippen LogP contribution in [0, 0.1) is 13.8 Å². The number of anilines is 1. The highest BCUT2D eigenvalue weighted by Crippen LogP contribution is 2.27. The van der Waals surface area contributed by atoms with Crippen LogP contribution < -0.4 is 9.62 Å². The Morgan fingerprint density at radius 1 is 0.886 bits per heavy atom. The first-order chi connectivity index (χ1) is 16.6. The van der Waals surface area contributed by atoms with Crippen LogP contribution in [0.1, 0.15) is 23.6 Å². The summed E-state index contributed by atoms with van der Waals surface area (Å²) in [5, 5.41) is 2.58. The van der Waals surface area contributed by atoms with E-state index in [9.17, 15) is 18.0 Å². The van der Waals surface area contributed by atoms with Gasteiger partial charge in [0, 0.05) is 13.6 Å². The van der Waals surface area contributed by atoms with Gasteiger partial charge in [-0.1, -0.05) is 66.2 Å². The third-order valence-electron chi connectivity index (χ3n) is 5.88. The summed E-state index contributed by atoms with van der Waals surface area (Å²) in [4.78, 5) is 27.7. The van der Waals surface area contributed by atoms with Gasteiger partial charge in [0.2, 0.25) is 11.8 Å². The van der Waals surface area contributed by atoms with Gasteiger partial charge in [0.05, 0.1) is 10.6 Å². The molecule has 3 aromatic rings. The van der Waals surface area contributed by atoms with E-state index in [0.717, 1.165) is 15.4 Å². The van der Waals surface area contributed by atoms with E-state index < -0.39 is 28.5 Å². The first-order valence-corrected chi connectivity index (χ1v) is 12.8. The first kappa shape index (κ1) is 26.0. The van der Waals surface area contributed by atoms with Crippen molar-refractivity contribution in [1.82, 2.24) is 10.2 Å². The van der Waals surface area contributed by atoms with Crippen LogP contribution in [0.5, 0.6) is 0 Å². The number of hydrogen-bond acceptors (Lipinski definition) is 4. The number of rotatable bonds is 9. The van der Waals surface area contributed by atoms with Gasteiger partial charge in [-0.25, -0.2) is 8.42 Å². The van der Waals surface area contributed by atoms with Crippen LogP contribution in [0.3, 0.4) is 0 Å². The number of hydrogen-bond donors (Lipinski definition) is 1. The molecule has 0 fully saturated rings. The van der Waals surface area contributed by atoms with Crippen molar-refractivity contribution in [2.24, 2.45) is 0 Å². The van der Waals surface area contributed by atoms with Crippen LogP contribution in [0.2, 0.25) is 0 Å². The lowest BCUT2D eigenvalue weighted by atomic mass is 10.1. The molecule has 1 atom stereocenters. The number of nitrogens with zero attached hydrogens (tertiary/aromatic N) is 2. The third-order valence-corrected chi connectivity index (χ3v) is 7.66. The van der Waals surface area contributed by atoms with Crippen LogP contribution in [0.4, 0.5) is 5.69 Å². The summed E-state index contributed by atoms with van der Waals surface area (Å²) in [7, 11) is -2.54. The lowest BCUT2D eigenvalue weighted by molar-refractivity contribution is -0.139. The number of benzene rings is 3. The van der Waals surface area contributed by atoms with Gasteiger partial charge in [0.25, 0.3) is 10.0 Å². The molecule has 0 aliphatic carbocycles. The fraction of sp³-hybridized carbons (Fsp3) is 0.259. The van der Waals surface area contributed by atoms with Gasteiger partial charge in [-0.2, -0.15) is 0 Å². The number of carbonyl (C=O) groups excluding carboxylic acids is 2. The molecular weight excluding hydrogens is 462 g/mol. The Balaban J connectivity index is 2.03. The van der Waals surface area contributed by atoms with Crippen molar-refractivity contribution in [3.8, 4) is 0 Å². The van der Waals surface area contributed by atoms with E-state index >= 15 is 0 Å². The molecule has 0 saturated heterocycles. The molecule has 0 radical (unpaired) electrons. The van der Waals surface area contributed by atoms with Crippen LogP contribution in [0.15, 0.2) is 83.8 Å². The molecular formula is C27H31N3O4S. The van der Waals surface area contributed by atoms with Gasteiger partial charge >= 0.3 is 0 Å². The Kier molecular flexibility index (Phi) is 8.30. The SMILES string of the molecule is CNC(=O)C(C)N(Cc1ccc(C)cc1)C(=O)CN(c1ccccc1C)S(=O)(=O)c1ccccc1. The summed E-state index contributed by atoms with van der Waals surface area (Å²) in [6, 6.07) is 21.9. The lowest BCUT2D eigenvalue weighted by Crippen LogP contribution is -2.50. The summed E-state index contributed by atoms with van der Waals surface area (Å²) in [5.74, 6) is -0.816. The quantitative estimate of drug-likeness (QED) is 0.493. The third kappa shape index (κ3) is 6.08. The van der Waals surface area contributed by atoms with E-state index in [1.54, 1.807) is 50.2 Å². The van der Waals surface area contributed by atoms with E-state index in [1.807, 2.05) is 37.3 Å². The zero-order valence-electron chi connectivity index (χ0n) is 20.4. The Morgan fingerprint density at radius 3 is 2.09 bits per heavy atom. The molecule has 1 N–H and O–H groups in total. The molecule has 0 saturated carbocycles. The normalized spacial score (nSPS) is 12.0. The Labute approximate surface area is 207 Å². The average molecular weight is 494 g/mol. The van der Waals surface area contributed by atoms with E-state index in [4.69, 9.17) is 0 Å². The zero-order valence-corrected chi connectivity index (χ0v) is 21.2. The topological polar surface area (TPSA) is 86.8 Å². The highest BCUT2D eigenvalue weighted by Gasteiger charge is 2.32. The van der Waals surface area contributed by atoms with Crippen molar-refractivity contribution < 1.29 is 18.0 Å². The first-order valence-electron chi connectivity index (χ1n) is 11.3. The van der Waals surface area contributed by atoms with E-state index in [0.29, 0.717) is 11.3 Å². The summed E-state index contributed by atoms with van der Waals surface area (Å²) in [5.41, 5.74) is 3.04. The van der Waals surface area contributed by atoms with Gasteiger partial charge in [-0.05, 0) is 50.1 Å². The molecule has 0 aliphatic rings. The fourth-order valence-corrected chi connectivity index (χ4v) is 5.26. The van der Waals surface area contributed by atoms with Crippen molar-refractivity contribution in [3.63, 3.8) is 0 Å². The maximum atomic E-state index is 13.7. The number of carbonyl (C=O) groups is 2. The fourth-order valence-electron chi connectivity index (χ4n) is 3.76. The number of nitrogens with one attached hydrogen (secondary N) is 1. The highest BCUT2D eigenvalue weighted by atomic mass is 32.2. The maximum absolute atomic E-state index is 13.7. The highest BCUT2D eigenvalue weighted by molar-refractivity contribution is 7.92. The van der Waals surface area contributed by atoms with Crippen LogP contribution in [0.25, 0.3) is 0 Å². The molecule has 7 nitrogen and oxygen atoms in total. The molecule has 3 rings (SSSR count). The number of aryl methyl sites for hydroxylation is 2. The number of amides is 2. The maximum Gasteiger partial charge on any atom is 0.264 e. The largest absolute Gasteiger partial charge is 0.357 e. The molecule has 0 bridgehead atoms. The molecule has 35 heavy (non-hydrogen) atoms. The smallest absolute Gasteiger partial charge is 0.264 e. The average Bonchev–Trinajstić information content (AvgIpc) is 2.86. The minimum Gasteiger partial charge on any atom is -0.357 e. The zero-order chi connectivity index (χ0) is 25.6. The van der Waals surface area contributed by atoms with Crippen LogP contribution >= 0.6 is 0 Å². The summed E-state index contributed by atoms with van der Waals surface area (Å²) >= 11 is 0. The predicted molar refractivity (Wildman–Crippen MR) is 137 cm³/mol. The van der Waals surface area contributed by atoms with Gasteiger partial charge < -0.3 is 10.2 Å². The second-order valence-electron chi connectivity index (χ2n) is 8.41. The monoisotopic (exact) mass is 493 g/mol. The predicted octanol–water partition coefficient (Wildman–Crippen LogP) is 3.66. The minimum absolute atomic E-state index is 0.0838. The molecule has 0 spiro atoms. The van der Waals surface area contributed by atoms with Crippen molar-refractivity contribution in [2.45, 2.75) is 38.3 Å². The molecule has 1 unspecified atom stereocenters. The number of para-hydroxylation sites is 1. The number of likely N-dealkylation sites (N-methyl/N-ethyl adjacent to an activating group) is 1. The lowest BCUT2D eigenvalue weighted by Gasteiger charge is -2.32. The Hall–Kier alpha value is -3.65. The van der Waals surface area contributed by atoms with Gasteiger partial charge in [0.1, 0.15) is 12.6 Å². The van der Waals surface area contributed by atoms with Crippen LogP contribution in [-0.4, -0.2) is 44.8 Å². The second-order valence-corrected chi connectivity index (χ2v) is 10.3. The van der Waals surface area contributed by atoms with E-state index in [-0.39, 0.29) is 17.3 Å². The van der Waals surface area contributed by atoms with Crippen molar-refractivity contribution in [3.05, 3.63) is 95.6 Å². The summed E-state index contributed by atoms with van der Waals surface area (Å²) in [6.07, 6.45) is 0. The molecule has 3 aromatic carbocycles. The summed E-state index contributed by atoms with van der Waals surface area (Å²) < 4.78 is 28.5. The van der Waals surface area contributed by atoms with Crippen LogP contribution in [-0.2, 0) is 26.2 Å². The molecule has 184 valence electrons. The standard InChI is InChI=1S/C27H31N3O4S/c1-20-14-16-23(17-15-20)18-29(22(3)27(32)28-4)26(31)19-30(25-13-9-8-10-21(25)2)35(33,34)24-11-6-5-7-12-24/h5-17,22H,18-19H2,1-4H3,(H,28,32). The molecule has 0 heterocycles. The Bertz CT molecular complexity index is 1280. The van der Waals surface area contributed by atoms with Crippen molar-refractivity contribution >= 4 is 27.5 Å².